The third kappa shape index (κ3) is 4.09. The average molecular weight is 399 g/mol. The number of nitrogens with one attached hydrogen (secondary N) is 1. The van der Waals surface area contributed by atoms with Crippen LogP contribution in [0.2, 0.25) is 10.0 Å². The van der Waals surface area contributed by atoms with E-state index in [1.165, 1.54) is 35.4 Å². The Morgan fingerprint density at radius 1 is 1.27 bits per heavy atom. The van der Waals surface area contributed by atoms with Crippen LogP contribution in [-0.2, 0) is 0 Å². The fraction of sp³-hybridized carbons (Fsp3) is 0.0625. The molecule has 3 rings (SSSR count). The second kappa shape index (κ2) is 7.67. The summed E-state index contributed by atoms with van der Waals surface area (Å²) in [5, 5.41) is 7.29. The predicted octanol–water partition coefficient (Wildman–Crippen LogP) is 4.43. The third-order valence-corrected chi connectivity index (χ3v) is 3.76. The van der Waals surface area contributed by atoms with Gasteiger partial charge in [0.1, 0.15) is 0 Å². The van der Waals surface area contributed by atoms with Crippen LogP contribution in [0, 0.1) is 0 Å². The van der Waals surface area contributed by atoms with Crippen LogP contribution < -0.4 is 10.1 Å². The van der Waals surface area contributed by atoms with Crippen molar-refractivity contribution in [3.05, 3.63) is 64.5 Å². The maximum Gasteiger partial charge on any atom is 0.387 e. The number of benzene rings is 1. The van der Waals surface area contributed by atoms with Gasteiger partial charge in [0.15, 0.2) is 11.6 Å². The Morgan fingerprint density at radius 3 is 2.81 bits per heavy atom. The van der Waals surface area contributed by atoms with E-state index in [1.54, 1.807) is 18.2 Å². The minimum atomic E-state index is -3.04. The van der Waals surface area contributed by atoms with Crippen molar-refractivity contribution in [3.8, 4) is 11.4 Å². The van der Waals surface area contributed by atoms with Crippen LogP contribution in [0.5, 0.6) is 5.75 Å². The van der Waals surface area contributed by atoms with Gasteiger partial charge in [-0.05, 0) is 30.3 Å². The van der Waals surface area contributed by atoms with Crippen molar-refractivity contribution in [2.24, 2.45) is 0 Å². The van der Waals surface area contributed by atoms with Crippen LogP contribution in [0.25, 0.3) is 5.69 Å². The van der Waals surface area contributed by atoms with Crippen molar-refractivity contribution >= 4 is 34.9 Å². The quantitative estimate of drug-likeness (QED) is 0.690. The van der Waals surface area contributed by atoms with Crippen LogP contribution in [0.1, 0.15) is 10.4 Å². The van der Waals surface area contributed by atoms with E-state index in [9.17, 15) is 13.6 Å². The van der Waals surface area contributed by atoms with Gasteiger partial charge in [0.25, 0.3) is 5.91 Å². The van der Waals surface area contributed by atoms with Gasteiger partial charge in [0.2, 0.25) is 0 Å². The van der Waals surface area contributed by atoms with Crippen molar-refractivity contribution in [2.75, 3.05) is 5.32 Å². The molecule has 0 spiro atoms. The molecule has 6 nitrogen and oxygen atoms in total. The molecule has 1 aromatic carbocycles. The fourth-order valence-corrected chi connectivity index (χ4v) is 2.59. The van der Waals surface area contributed by atoms with Crippen molar-refractivity contribution in [2.45, 2.75) is 6.61 Å². The number of amides is 1. The molecule has 2 aromatic heterocycles. The summed E-state index contributed by atoms with van der Waals surface area (Å²) in [6.45, 7) is -3.04. The fourth-order valence-electron chi connectivity index (χ4n) is 2.09. The molecule has 0 unspecified atom stereocenters. The number of hydrogen-bond donors (Lipinski definition) is 1. The third-order valence-electron chi connectivity index (χ3n) is 3.22. The second-order valence-corrected chi connectivity index (χ2v) is 5.80. The molecule has 2 heterocycles. The summed E-state index contributed by atoms with van der Waals surface area (Å²) in [4.78, 5) is 16.2. The van der Waals surface area contributed by atoms with Gasteiger partial charge in [-0.3, -0.25) is 4.79 Å². The van der Waals surface area contributed by atoms with E-state index in [2.05, 4.69) is 20.1 Å². The topological polar surface area (TPSA) is 69.0 Å². The van der Waals surface area contributed by atoms with Crippen LogP contribution in [-0.4, -0.2) is 27.3 Å². The summed E-state index contributed by atoms with van der Waals surface area (Å²) in [7, 11) is 0. The van der Waals surface area contributed by atoms with Crippen LogP contribution in [0.15, 0.2) is 48.9 Å². The minimum absolute atomic E-state index is 0.130. The Morgan fingerprint density at radius 2 is 2.08 bits per heavy atom. The summed E-state index contributed by atoms with van der Waals surface area (Å²) < 4.78 is 30.6. The Kier molecular flexibility index (Phi) is 5.34. The molecule has 0 aliphatic rings. The van der Waals surface area contributed by atoms with E-state index in [1.807, 2.05) is 0 Å². The lowest BCUT2D eigenvalue weighted by Gasteiger charge is -2.09. The Bertz CT molecular complexity index is 950. The number of carbonyl (C=O) groups is 1. The Balaban J connectivity index is 1.81. The largest absolute Gasteiger partial charge is 0.431 e. The van der Waals surface area contributed by atoms with Crippen molar-refractivity contribution < 1.29 is 18.3 Å². The molecule has 10 heteroatoms. The molecule has 0 saturated carbocycles. The Hall–Kier alpha value is -2.71. The molecule has 0 bridgehead atoms. The van der Waals surface area contributed by atoms with Crippen molar-refractivity contribution in [1.82, 2.24) is 14.8 Å². The van der Waals surface area contributed by atoms with Gasteiger partial charge in [0, 0.05) is 17.4 Å². The average Bonchev–Trinajstić information content (AvgIpc) is 3.06. The van der Waals surface area contributed by atoms with E-state index in [0.717, 1.165) is 0 Å². The van der Waals surface area contributed by atoms with Gasteiger partial charge in [-0.15, -0.1) is 0 Å². The first kappa shape index (κ1) is 18.1. The number of carbonyl (C=O) groups excluding carboxylic acids is 1. The zero-order valence-electron chi connectivity index (χ0n) is 12.9. The lowest BCUT2D eigenvalue weighted by atomic mass is 10.3. The first-order valence-corrected chi connectivity index (χ1v) is 7.91. The van der Waals surface area contributed by atoms with E-state index < -0.39 is 12.5 Å². The Labute approximate surface area is 156 Å². The number of halogens is 4. The molecule has 3 aromatic rings. The highest BCUT2D eigenvalue weighted by atomic mass is 35.5. The summed E-state index contributed by atoms with van der Waals surface area (Å²) in [5.41, 5.74) is 0.694. The number of nitrogens with zero attached hydrogens (tertiary/aromatic N) is 3. The molecule has 134 valence electrons. The molecule has 0 aliphatic heterocycles. The SMILES string of the molecule is O=C(Nc1ncccc1OC(F)F)c1cnn(-c2ccc(Cl)cc2Cl)c1. The summed E-state index contributed by atoms with van der Waals surface area (Å²) in [6.07, 6.45) is 4.07. The molecule has 0 radical (unpaired) electrons. The maximum atomic E-state index is 12.4. The molecule has 26 heavy (non-hydrogen) atoms. The summed E-state index contributed by atoms with van der Waals surface area (Å²) in [6, 6.07) is 7.50. The van der Waals surface area contributed by atoms with Gasteiger partial charge < -0.3 is 10.1 Å². The lowest BCUT2D eigenvalue weighted by molar-refractivity contribution is -0.0495. The smallest absolute Gasteiger partial charge is 0.387 e. The van der Waals surface area contributed by atoms with E-state index >= 15 is 0 Å². The standard InChI is InChI=1S/C16H10Cl2F2N4O2/c17-10-3-4-12(11(18)6-10)24-8-9(7-22-24)15(25)23-14-13(26-16(19)20)2-1-5-21-14/h1-8,16H,(H,21,23,25). The van der Waals surface area contributed by atoms with E-state index in [0.29, 0.717) is 15.7 Å². The number of anilines is 1. The normalized spacial score (nSPS) is 10.8. The zero-order chi connectivity index (χ0) is 18.7. The first-order chi connectivity index (χ1) is 12.4. The van der Waals surface area contributed by atoms with Crippen molar-refractivity contribution in [3.63, 3.8) is 0 Å². The van der Waals surface area contributed by atoms with Crippen LogP contribution in [0.3, 0.4) is 0 Å². The second-order valence-electron chi connectivity index (χ2n) is 4.95. The lowest BCUT2D eigenvalue weighted by Crippen LogP contribution is -2.14. The zero-order valence-corrected chi connectivity index (χ0v) is 14.4. The summed E-state index contributed by atoms with van der Waals surface area (Å²) >= 11 is 12.0. The molecular formula is C16H10Cl2F2N4O2. The van der Waals surface area contributed by atoms with Crippen LogP contribution >= 0.6 is 23.2 Å². The molecule has 0 atom stereocenters. The predicted molar refractivity (Wildman–Crippen MR) is 92.4 cm³/mol. The highest BCUT2D eigenvalue weighted by Crippen LogP contribution is 2.25. The van der Waals surface area contributed by atoms with Gasteiger partial charge in [0.05, 0.1) is 22.5 Å². The number of ether oxygens (including phenoxy) is 1. The maximum absolute atomic E-state index is 12.4. The van der Waals surface area contributed by atoms with E-state index in [4.69, 9.17) is 23.2 Å². The highest BCUT2D eigenvalue weighted by molar-refractivity contribution is 6.35. The van der Waals surface area contributed by atoms with Gasteiger partial charge in [-0.2, -0.15) is 13.9 Å². The van der Waals surface area contributed by atoms with E-state index in [-0.39, 0.29) is 17.1 Å². The van der Waals surface area contributed by atoms with Crippen LogP contribution in [0.4, 0.5) is 14.6 Å². The monoisotopic (exact) mass is 398 g/mol. The van der Waals surface area contributed by atoms with Gasteiger partial charge in [-0.25, -0.2) is 9.67 Å². The number of alkyl halides is 2. The first-order valence-electron chi connectivity index (χ1n) is 7.15. The highest BCUT2D eigenvalue weighted by Gasteiger charge is 2.16. The number of hydrogen-bond acceptors (Lipinski definition) is 4. The minimum Gasteiger partial charge on any atom is -0.431 e. The molecule has 1 amide bonds. The number of rotatable bonds is 5. The molecule has 0 aliphatic carbocycles. The molecular weight excluding hydrogens is 389 g/mol. The molecule has 0 saturated heterocycles. The number of aromatic nitrogens is 3. The van der Waals surface area contributed by atoms with Crippen molar-refractivity contribution in [1.29, 1.82) is 0 Å². The summed E-state index contributed by atoms with van der Waals surface area (Å²) in [5.74, 6) is -0.974. The van der Waals surface area contributed by atoms with Gasteiger partial charge >= 0.3 is 6.61 Å². The number of pyridine rings is 1. The van der Waals surface area contributed by atoms with Gasteiger partial charge in [-0.1, -0.05) is 23.2 Å². The molecule has 0 fully saturated rings. The molecule has 1 N–H and O–H groups in total.